The van der Waals surface area contributed by atoms with Gasteiger partial charge in [-0.15, -0.1) is 0 Å². The Labute approximate surface area is 197 Å². The maximum absolute atomic E-state index is 13.2. The zero-order valence-corrected chi connectivity index (χ0v) is 19.1. The molecule has 33 heavy (non-hydrogen) atoms. The van der Waals surface area contributed by atoms with Crippen molar-refractivity contribution in [3.8, 4) is 5.75 Å². The van der Waals surface area contributed by atoms with Crippen LogP contribution in [0.15, 0.2) is 24.3 Å². The molecule has 10 nitrogen and oxygen atoms in total. The number of aromatic hydroxyl groups is 1. The molecular formula is C22H30N4O6S. The molecule has 3 rings (SSSR count). The van der Waals surface area contributed by atoms with Crippen molar-refractivity contribution < 1.29 is 29.4 Å². The van der Waals surface area contributed by atoms with Crippen molar-refractivity contribution in [2.24, 2.45) is 5.73 Å². The average molecular weight is 479 g/mol. The van der Waals surface area contributed by atoms with E-state index in [1.807, 2.05) is 0 Å². The number of carbonyl (C=O) groups excluding carboxylic acids is 3. The number of thiol groups is 1. The lowest BCUT2D eigenvalue weighted by molar-refractivity contribution is -0.152. The number of phenols is 1. The largest absolute Gasteiger partial charge is 0.508 e. The number of amides is 3. The summed E-state index contributed by atoms with van der Waals surface area (Å²) in [5.41, 5.74) is 6.76. The molecule has 0 spiro atoms. The molecule has 11 heteroatoms. The summed E-state index contributed by atoms with van der Waals surface area (Å²) < 4.78 is 0. The molecule has 1 aromatic carbocycles. The van der Waals surface area contributed by atoms with Gasteiger partial charge in [-0.25, -0.2) is 4.79 Å². The third-order valence-electron chi connectivity index (χ3n) is 6.17. The summed E-state index contributed by atoms with van der Waals surface area (Å²) in [6.45, 7) is 0.702. The summed E-state index contributed by atoms with van der Waals surface area (Å²) in [5, 5.41) is 21.4. The predicted octanol–water partition coefficient (Wildman–Crippen LogP) is -0.257. The first kappa shape index (κ1) is 24.8. The lowest BCUT2D eigenvalue weighted by Crippen LogP contribution is -2.57. The highest BCUT2D eigenvalue weighted by Crippen LogP contribution is 2.25. The van der Waals surface area contributed by atoms with Gasteiger partial charge in [0.2, 0.25) is 17.7 Å². The molecule has 180 valence electrons. The van der Waals surface area contributed by atoms with Crippen LogP contribution >= 0.6 is 12.6 Å². The van der Waals surface area contributed by atoms with Crippen LogP contribution in [0.3, 0.4) is 0 Å². The number of nitrogens with two attached hydrogens (primary N) is 1. The second-order valence-corrected chi connectivity index (χ2v) is 8.80. The summed E-state index contributed by atoms with van der Waals surface area (Å²) in [5.74, 6) is -2.23. The van der Waals surface area contributed by atoms with E-state index >= 15 is 0 Å². The molecular weight excluding hydrogens is 448 g/mol. The van der Waals surface area contributed by atoms with Gasteiger partial charge in [0.1, 0.15) is 23.9 Å². The van der Waals surface area contributed by atoms with Crippen LogP contribution < -0.4 is 11.1 Å². The minimum Gasteiger partial charge on any atom is -0.508 e. The number of rotatable bonds is 8. The Morgan fingerprint density at radius 3 is 2.27 bits per heavy atom. The van der Waals surface area contributed by atoms with E-state index in [0.29, 0.717) is 38.8 Å². The quantitative estimate of drug-likeness (QED) is 0.323. The van der Waals surface area contributed by atoms with Crippen LogP contribution in [0.5, 0.6) is 5.75 Å². The van der Waals surface area contributed by atoms with E-state index in [1.165, 1.54) is 21.9 Å². The molecule has 5 N–H and O–H groups in total. The lowest BCUT2D eigenvalue weighted by Gasteiger charge is -2.32. The number of hydrogen-bond donors (Lipinski definition) is 5. The van der Waals surface area contributed by atoms with E-state index in [9.17, 15) is 29.4 Å². The number of carbonyl (C=O) groups is 4. The molecule has 0 radical (unpaired) electrons. The minimum absolute atomic E-state index is 0.0232. The van der Waals surface area contributed by atoms with Crippen LogP contribution in [0, 0.1) is 0 Å². The fourth-order valence-corrected chi connectivity index (χ4v) is 4.66. The second kappa shape index (κ2) is 10.9. The van der Waals surface area contributed by atoms with Gasteiger partial charge >= 0.3 is 5.97 Å². The Balaban J connectivity index is 1.63. The van der Waals surface area contributed by atoms with E-state index in [0.717, 1.165) is 5.56 Å². The smallest absolute Gasteiger partial charge is 0.326 e. The van der Waals surface area contributed by atoms with Gasteiger partial charge in [-0.1, -0.05) is 12.1 Å². The van der Waals surface area contributed by atoms with Crippen molar-refractivity contribution in [3.63, 3.8) is 0 Å². The van der Waals surface area contributed by atoms with E-state index in [-0.39, 0.29) is 23.8 Å². The van der Waals surface area contributed by atoms with Gasteiger partial charge in [-0.3, -0.25) is 14.4 Å². The summed E-state index contributed by atoms with van der Waals surface area (Å²) >= 11 is 4.21. The van der Waals surface area contributed by atoms with Crippen molar-refractivity contribution in [1.82, 2.24) is 15.1 Å². The van der Waals surface area contributed by atoms with Gasteiger partial charge in [0.25, 0.3) is 0 Å². The summed E-state index contributed by atoms with van der Waals surface area (Å²) in [6.07, 6.45) is 2.28. The number of benzene rings is 1. The topological polar surface area (TPSA) is 153 Å². The molecule has 0 aromatic heterocycles. The van der Waals surface area contributed by atoms with Crippen molar-refractivity contribution in [2.75, 3.05) is 18.8 Å². The first-order chi connectivity index (χ1) is 15.7. The average Bonchev–Trinajstić information content (AvgIpc) is 3.48. The highest BCUT2D eigenvalue weighted by molar-refractivity contribution is 7.80. The molecule has 1 aromatic rings. The summed E-state index contributed by atoms with van der Waals surface area (Å²) in [4.78, 5) is 53.1. The van der Waals surface area contributed by atoms with E-state index in [1.54, 1.807) is 12.1 Å². The standard InChI is InChI=1S/C22H30N4O6S/c23-15(11-13-5-7-14(27)8-6-13)19(28)24-16(12-33)20(29)25-9-1-3-17(25)21(30)26-10-2-4-18(26)22(31)32/h5-8,15-18,27,33H,1-4,9-12,23H2,(H,24,28)(H,31,32). The summed E-state index contributed by atoms with van der Waals surface area (Å²) in [6, 6.07) is 2.82. The third kappa shape index (κ3) is 5.77. The Hall–Kier alpha value is -2.79. The molecule has 2 heterocycles. The highest BCUT2D eigenvalue weighted by atomic mass is 32.1. The number of nitrogens with one attached hydrogen (secondary N) is 1. The molecule has 4 atom stereocenters. The Bertz CT molecular complexity index is 895. The molecule has 4 unspecified atom stereocenters. The summed E-state index contributed by atoms with van der Waals surface area (Å²) in [7, 11) is 0. The zero-order valence-electron chi connectivity index (χ0n) is 18.2. The van der Waals surface area contributed by atoms with Crippen LogP contribution in [0.4, 0.5) is 0 Å². The third-order valence-corrected chi connectivity index (χ3v) is 6.53. The lowest BCUT2D eigenvalue weighted by atomic mass is 10.1. The maximum atomic E-state index is 13.2. The molecule has 2 saturated heterocycles. The normalized spacial score (nSPS) is 22.1. The SMILES string of the molecule is NC(Cc1ccc(O)cc1)C(=O)NC(CS)C(=O)N1CCCC1C(=O)N1CCCC1C(=O)O. The minimum atomic E-state index is -1.04. The molecule has 0 bridgehead atoms. The van der Waals surface area contributed by atoms with Gasteiger partial charge in [0, 0.05) is 18.8 Å². The number of carboxylic acid groups (broad SMARTS) is 1. The monoisotopic (exact) mass is 478 g/mol. The first-order valence-corrected chi connectivity index (χ1v) is 11.6. The van der Waals surface area contributed by atoms with Gasteiger partial charge in [0.05, 0.1) is 6.04 Å². The molecule has 0 aliphatic carbocycles. The van der Waals surface area contributed by atoms with Crippen molar-refractivity contribution in [2.45, 2.75) is 56.3 Å². The Morgan fingerprint density at radius 1 is 1.06 bits per heavy atom. The van der Waals surface area contributed by atoms with Crippen molar-refractivity contribution >= 4 is 36.3 Å². The number of aliphatic carboxylic acids is 1. The van der Waals surface area contributed by atoms with Crippen LogP contribution in [0.1, 0.15) is 31.2 Å². The van der Waals surface area contributed by atoms with Crippen LogP contribution in [-0.2, 0) is 25.6 Å². The van der Waals surface area contributed by atoms with E-state index in [2.05, 4.69) is 17.9 Å². The Kier molecular flexibility index (Phi) is 8.20. The predicted molar refractivity (Wildman–Crippen MR) is 123 cm³/mol. The van der Waals surface area contributed by atoms with E-state index in [4.69, 9.17) is 5.73 Å². The molecule has 0 saturated carbocycles. The maximum Gasteiger partial charge on any atom is 0.326 e. The number of likely N-dealkylation sites (tertiary alicyclic amines) is 2. The van der Waals surface area contributed by atoms with Gasteiger partial charge in [-0.2, -0.15) is 12.6 Å². The molecule has 2 aliphatic heterocycles. The number of nitrogens with zero attached hydrogens (tertiary/aromatic N) is 2. The molecule has 3 amide bonds. The first-order valence-electron chi connectivity index (χ1n) is 11.0. The Morgan fingerprint density at radius 2 is 1.67 bits per heavy atom. The number of phenolic OH excluding ortho intramolecular Hbond substituents is 1. The van der Waals surface area contributed by atoms with Crippen LogP contribution in [-0.4, -0.2) is 86.7 Å². The fraction of sp³-hybridized carbons (Fsp3) is 0.545. The molecule has 2 aliphatic rings. The second-order valence-electron chi connectivity index (χ2n) is 8.44. The number of carboxylic acids is 1. The van der Waals surface area contributed by atoms with Gasteiger partial charge < -0.3 is 31.1 Å². The van der Waals surface area contributed by atoms with E-state index < -0.39 is 42.0 Å². The zero-order chi connectivity index (χ0) is 24.1. The van der Waals surface area contributed by atoms with Gasteiger partial charge in [0.15, 0.2) is 0 Å². The van der Waals surface area contributed by atoms with Crippen LogP contribution in [0.25, 0.3) is 0 Å². The van der Waals surface area contributed by atoms with Crippen LogP contribution in [0.2, 0.25) is 0 Å². The van der Waals surface area contributed by atoms with Crippen molar-refractivity contribution in [3.05, 3.63) is 29.8 Å². The van der Waals surface area contributed by atoms with Crippen molar-refractivity contribution in [1.29, 1.82) is 0 Å². The molecule has 2 fully saturated rings. The number of hydrogen-bond acceptors (Lipinski definition) is 7. The van der Waals surface area contributed by atoms with Gasteiger partial charge in [-0.05, 0) is 49.8 Å². The highest BCUT2D eigenvalue weighted by Gasteiger charge is 2.43. The fourth-order valence-electron chi connectivity index (χ4n) is 4.41.